The molecule has 104 valence electrons. The third-order valence-electron chi connectivity index (χ3n) is 2.93. The molecule has 2 rings (SSSR count). The minimum absolute atomic E-state index is 0.176. The number of carbonyl (C=O) groups is 1. The van der Waals surface area contributed by atoms with Gasteiger partial charge in [-0.25, -0.2) is 9.97 Å². The van der Waals surface area contributed by atoms with Gasteiger partial charge < -0.3 is 5.32 Å². The first-order chi connectivity index (χ1) is 9.60. The van der Waals surface area contributed by atoms with E-state index in [9.17, 15) is 4.79 Å². The molecule has 0 aliphatic rings. The number of amides is 1. The Kier molecular flexibility index (Phi) is 4.69. The highest BCUT2D eigenvalue weighted by molar-refractivity contribution is 6.30. The Morgan fingerprint density at radius 1 is 1.40 bits per heavy atom. The normalized spacial score (nSPS) is 10.3. The van der Waals surface area contributed by atoms with Gasteiger partial charge in [0.05, 0.1) is 11.3 Å². The molecular weight excluding hydrogens is 274 g/mol. The zero-order valence-electron chi connectivity index (χ0n) is 11.5. The molecule has 20 heavy (non-hydrogen) atoms. The molecule has 0 unspecified atom stereocenters. The van der Waals surface area contributed by atoms with Crippen molar-refractivity contribution in [3.05, 3.63) is 58.1 Å². The Balaban J connectivity index is 2.05. The molecule has 0 aliphatic carbocycles. The highest BCUT2D eigenvalue weighted by Crippen LogP contribution is 2.11. The first kappa shape index (κ1) is 14.5. The van der Waals surface area contributed by atoms with Crippen LogP contribution in [0.2, 0.25) is 5.02 Å². The second-order valence-electron chi connectivity index (χ2n) is 4.45. The van der Waals surface area contributed by atoms with Crippen LogP contribution in [0.5, 0.6) is 0 Å². The summed E-state index contributed by atoms with van der Waals surface area (Å²) in [5, 5.41) is 3.50. The molecule has 0 fully saturated rings. The first-order valence-corrected chi connectivity index (χ1v) is 6.83. The first-order valence-electron chi connectivity index (χ1n) is 6.45. The number of nitrogens with one attached hydrogen (secondary N) is 1. The van der Waals surface area contributed by atoms with Gasteiger partial charge in [-0.2, -0.15) is 0 Å². The van der Waals surface area contributed by atoms with E-state index >= 15 is 0 Å². The number of hydrogen-bond acceptors (Lipinski definition) is 3. The molecular formula is C15H16ClN3O. The third-order valence-corrected chi connectivity index (χ3v) is 3.17. The second-order valence-corrected chi connectivity index (χ2v) is 4.89. The zero-order chi connectivity index (χ0) is 14.5. The smallest absolute Gasteiger partial charge is 0.254 e. The second kappa shape index (κ2) is 6.48. The van der Waals surface area contributed by atoms with E-state index in [-0.39, 0.29) is 5.91 Å². The molecule has 0 radical (unpaired) electrons. The van der Waals surface area contributed by atoms with Gasteiger partial charge in [-0.1, -0.05) is 30.7 Å². The van der Waals surface area contributed by atoms with Crippen molar-refractivity contribution < 1.29 is 4.79 Å². The number of aryl methyl sites for hydroxylation is 2. The molecule has 0 saturated carbocycles. The maximum absolute atomic E-state index is 12.1. The van der Waals surface area contributed by atoms with Crippen LogP contribution in [-0.4, -0.2) is 15.9 Å². The summed E-state index contributed by atoms with van der Waals surface area (Å²) in [6.07, 6.45) is 2.33. The lowest BCUT2D eigenvalue weighted by molar-refractivity contribution is 0.0949. The van der Waals surface area contributed by atoms with Crippen LogP contribution < -0.4 is 5.32 Å². The fraction of sp³-hybridized carbons (Fsp3) is 0.267. The van der Waals surface area contributed by atoms with Crippen molar-refractivity contribution in [2.75, 3.05) is 0 Å². The van der Waals surface area contributed by atoms with E-state index in [1.54, 1.807) is 12.3 Å². The topological polar surface area (TPSA) is 54.9 Å². The molecule has 2 aromatic rings. The van der Waals surface area contributed by atoms with E-state index in [1.165, 1.54) is 0 Å². The molecule has 0 saturated heterocycles. The van der Waals surface area contributed by atoms with E-state index in [0.717, 1.165) is 17.8 Å². The Labute approximate surface area is 123 Å². The van der Waals surface area contributed by atoms with E-state index < -0.39 is 0 Å². The molecule has 0 aliphatic heterocycles. The largest absolute Gasteiger partial charge is 0.348 e. The molecule has 1 N–H and O–H groups in total. The van der Waals surface area contributed by atoms with Crippen LogP contribution in [-0.2, 0) is 13.0 Å². The van der Waals surface area contributed by atoms with Crippen LogP contribution in [0.3, 0.4) is 0 Å². The van der Waals surface area contributed by atoms with Gasteiger partial charge in [0.2, 0.25) is 0 Å². The molecule has 4 nitrogen and oxygen atoms in total. The zero-order valence-corrected chi connectivity index (χ0v) is 12.2. The summed E-state index contributed by atoms with van der Waals surface area (Å²) in [4.78, 5) is 20.5. The minimum Gasteiger partial charge on any atom is -0.348 e. The Bertz CT molecular complexity index is 628. The van der Waals surface area contributed by atoms with Crippen molar-refractivity contribution in [3.63, 3.8) is 0 Å². The van der Waals surface area contributed by atoms with Crippen molar-refractivity contribution in [2.24, 2.45) is 0 Å². The Morgan fingerprint density at radius 2 is 2.20 bits per heavy atom. The van der Waals surface area contributed by atoms with Crippen LogP contribution in [0.1, 0.15) is 34.4 Å². The van der Waals surface area contributed by atoms with Crippen molar-refractivity contribution in [1.29, 1.82) is 0 Å². The SMILES string of the molecule is CCc1ncc(C(=O)NCc2cccc(Cl)c2)c(C)n1. The number of halogens is 1. The van der Waals surface area contributed by atoms with Crippen LogP contribution in [0.4, 0.5) is 0 Å². The Hall–Kier alpha value is -1.94. The van der Waals surface area contributed by atoms with Crippen LogP contribution in [0, 0.1) is 6.92 Å². The molecule has 0 atom stereocenters. The molecule has 1 heterocycles. The predicted octanol–water partition coefficient (Wildman–Crippen LogP) is 2.93. The lowest BCUT2D eigenvalue weighted by atomic mass is 10.2. The summed E-state index contributed by atoms with van der Waals surface area (Å²) in [6.45, 7) is 4.22. The van der Waals surface area contributed by atoms with Gasteiger partial charge >= 0.3 is 0 Å². The molecule has 1 aromatic heterocycles. The third kappa shape index (κ3) is 3.54. The number of benzene rings is 1. The quantitative estimate of drug-likeness (QED) is 0.941. The summed E-state index contributed by atoms with van der Waals surface area (Å²) >= 11 is 5.90. The lowest BCUT2D eigenvalue weighted by Gasteiger charge is -2.08. The number of hydrogen-bond donors (Lipinski definition) is 1. The van der Waals surface area contributed by atoms with Gasteiger partial charge in [0.25, 0.3) is 5.91 Å². The van der Waals surface area contributed by atoms with E-state index in [4.69, 9.17) is 11.6 Å². The highest BCUT2D eigenvalue weighted by Gasteiger charge is 2.11. The van der Waals surface area contributed by atoms with Crippen LogP contribution >= 0.6 is 11.6 Å². The predicted molar refractivity (Wildman–Crippen MR) is 78.8 cm³/mol. The van der Waals surface area contributed by atoms with Crippen LogP contribution in [0.15, 0.2) is 30.5 Å². The average molecular weight is 290 g/mol. The fourth-order valence-corrected chi connectivity index (χ4v) is 2.05. The molecule has 0 spiro atoms. The highest BCUT2D eigenvalue weighted by atomic mass is 35.5. The summed E-state index contributed by atoms with van der Waals surface area (Å²) in [5.74, 6) is 0.569. The number of rotatable bonds is 4. The van der Waals surface area contributed by atoms with Gasteiger partial charge in [0.1, 0.15) is 5.82 Å². The molecule has 0 bridgehead atoms. The van der Waals surface area contributed by atoms with Crippen molar-refractivity contribution in [2.45, 2.75) is 26.8 Å². The maximum atomic E-state index is 12.1. The average Bonchev–Trinajstić information content (AvgIpc) is 2.44. The van der Waals surface area contributed by atoms with Crippen molar-refractivity contribution in [3.8, 4) is 0 Å². The summed E-state index contributed by atoms with van der Waals surface area (Å²) < 4.78 is 0. The molecule has 1 amide bonds. The fourth-order valence-electron chi connectivity index (χ4n) is 1.83. The standard InChI is InChI=1S/C15H16ClN3O/c1-3-14-17-9-13(10(2)19-14)15(20)18-8-11-5-4-6-12(16)7-11/h4-7,9H,3,8H2,1-2H3,(H,18,20). The van der Waals surface area contributed by atoms with Crippen molar-refractivity contribution >= 4 is 17.5 Å². The number of aromatic nitrogens is 2. The minimum atomic E-state index is -0.176. The molecule has 5 heteroatoms. The van der Waals surface area contributed by atoms with E-state index in [2.05, 4.69) is 15.3 Å². The maximum Gasteiger partial charge on any atom is 0.254 e. The summed E-state index contributed by atoms with van der Waals surface area (Å²) in [6, 6.07) is 7.39. The van der Waals surface area contributed by atoms with Gasteiger partial charge in [-0.3, -0.25) is 4.79 Å². The summed E-state index contributed by atoms with van der Waals surface area (Å²) in [5.41, 5.74) is 2.15. The number of carbonyl (C=O) groups excluding carboxylic acids is 1. The monoisotopic (exact) mass is 289 g/mol. The van der Waals surface area contributed by atoms with Gasteiger partial charge in [-0.05, 0) is 24.6 Å². The van der Waals surface area contributed by atoms with Crippen molar-refractivity contribution in [1.82, 2.24) is 15.3 Å². The molecule has 1 aromatic carbocycles. The van der Waals surface area contributed by atoms with Gasteiger partial charge in [-0.15, -0.1) is 0 Å². The van der Waals surface area contributed by atoms with Gasteiger partial charge in [0, 0.05) is 24.2 Å². The Morgan fingerprint density at radius 3 is 2.85 bits per heavy atom. The van der Waals surface area contributed by atoms with E-state index in [0.29, 0.717) is 22.8 Å². The van der Waals surface area contributed by atoms with Gasteiger partial charge in [0.15, 0.2) is 0 Å². The van der Waals surface area contributed by atoms with Crippen LogP contribution in [0.25, 0.3) is 0 Å². The lowest BCUT2D eigenvalue weighted by Crippen LogP contribution is -2.24. The van der Waals surface area contributed by atoms with E-state index in [1.807, 2.05) is 32.0 Å². The summed E-state index contributed by atoms with van der Waals surface area (Å²) in [7, 11) is 0. The number of nitrogens with zero attached hydrogens (tertiary/aromatic N) is 2.